The van der Waals surface area contributed by atoms with Gasteiger partial charge in [0.15, 0.2) is 0 Å². The Morgan fingerprint density at radius 1 is 0.925 bits per heavy atom. The molecule has 9 heteroatoms. The zero-order valence-corrected chi connectivity index (χ0v) is 25.0. The van der Waals surface area contributed by atoms with Crippen LogP contribution in [0.15, 0.2) is 33.9 Å². The second-order valence-electron chi connectivity index (χ2n) is 10.3. The molecule has 0 amide bonds. The molecule has 1 atom stereocenters. The molecule has 2 aromatic rings. The van der Waals surface area contributed by atoms with Crippen molar-refractivity contribution in [1.29, 1.82) is 0 Å². The zero-order valence-electron chi connectivity index (χ0n) is 25.0. The summed E-state index contributed by atoms with van der Waals surface area (Å²) in [6.45, 7) is 9.33. The van der Waals surface area contributed by atoms with Gasteiger partial charge < -0.3 is 14.2 Å². The van der Waals surface area contributed by atoms with E-state index in [4.69, 9.17) is 14.2 Å². The molecule has 9 nitrogen and oxygen atoms in total. The predicted octanol–water partition coefficient (Wildman–Crippen LogP) is 5.69. The topological polar surface area (TPSA) is 102 Å². The average molecular weight is 560 g/mol. The number of carbonyl (C=O) groups is 1. The van der Waals surface area contributed by atoms with Gasteiger partial charge in [0.2, 0.25) is 0 Å². The van der Waals surface area contributed by atoms with Crippen LogP contribution in [0.1, 0.15) is 104 Å². The van der Waals surface area contributed by atoms with Gasteiger partial charge in [-0.3, -0.25) is 14.2 Å². The van der Waals surface area contributed by atoms with E-state index >= 15 is 0 Å². The van der Waals surface area contributed by atoms with E-state index in [1.807, 2.05) is 32.0 Å². The zero-order chi connectivity index (χ0) is 29.2. The second kappa shape index (κ2) is 19.1. The van der Waals surface area contributed by atoms with Crippen LogP contribution in [0, 0.1) is 0 Å². The Kier molecular flexibility index (Phi) is 15.8. The highest BCUT2D eigenvalue weighted by Gasteiger charge is 2.14. The van der Waals surface area contributed by atoms with Gasteiger partial charge in [-0.15, -0.1) is 5.10 Å². The predicted molar refractivity (Wildman–Crippen MR) is 157 cm³/mol. The van der Waals surface area contributed by atoms with Crippen LogP contribution >= 0.6 is 0 Å². The Bertz CT molecular complexity index is 1130. The lowest BCUT2D eigenvalue weighted by molar-refractivity contribution is -0.145. The van der Waals surface area contributed by atoms with Crippen LogP contribution in [0.25, 0.3) is 0 Å². The third-order valence-electron chi connectivity index (χ3n) is 6.65. The largest absolute Gasteiger partial charge is 0.487 e. The summed E-state index contributed by atoms with van der Waals surface area (Å²) in [5.41, 5.74) is 0.391. The number of rotatable bonds is 21. The maximum Gasteiger partial charge on any atom is 0.347 e. The highest BCUT2D eigenvalue weighted by molar-refractivity contribution is 5.68. The van der Waals surface area contributed by atoms with E-state index in [0.29, 0.717) is 26.1 Å². The van der Waals surface area contributed by atoms with Crippen molar-refractivity contribution in [3.63, 3.8) is 0 Å². The van der Waals surface area contributed by atoms with Gasteiger partial charge in [-0.05, 0) is 63.1 Å². The Balaban J connectivity index is 1.84. The summed E-state index contributed by atoms with van der Waals surface area (Å²) >= 11 is 0. The van der Waals surface area contributed by atoms with E-state index in [0.717, 1.165) is 70.0 Å². The molecular weight excluding hydrogens is 510 g/mol. The molecule has 1 unspecified atom stereocenters. The molecule has 2 rings (SSSR count). The van der Waals surface area contributed by atoms with Crippen molar-refractivity contribution >= 4 is 5.97 Å². The Hall–Kier alpha value is -3.10. The third kappa shape index (κ3) is 12.0. The molecule has 1 aromatic heterocycles. The van der Waals surface area contributed by atoms with E-state index in [-0.39, 0.29) is 30.2 Å². The van der Waals surface area contributed by atoms with Crippen molar-refractivity contribution in [2.24, 2.45) is 0 Å². The number of unbranched alkanes of at least 4 members (excludes halogenated alkanes) is 7. The van der Waals surface area contributed by atoms with Gasteiger partial charge >= 0.3 is 17.2 Å². The molecule has 1 aromatic carbocycles. The number of hydrogen-bond donors (Lipinski definition) is 0. The van der Waals surface area contributed by atoms with Crippen molar-refractivity contribution in [3.8, 4) is 11.6 Å². The molecule has 0 fully saturated rings. The van der Waals surface area contributed by atoms with E-state index in [2.05, 4.69) is 18.1 Å². The monoisotopic (exact) mass is 559 g/mol. The van der Waals surface area contributed by atoms with Crippen molar-refractivity contribution < 1.29 is 19.0 Å². The van der Waals surface area contributed by atoms with Crippen LogP contribution in [0.4, 0.5) is 0 Å². The second-order valence-corrected chi connectivity index (χ2v) is 10.3. The minimum atomic E-state index is -0.434. The molecule has 40 heavy (non-hydrogen) atoms. The SMILES string of the molecule is CCCCCCCn1nc(OCCCCCc2cccc(OC(C)COC(=O)CC)c2)c(=O)n(CCCC)c1=O. The quantitative estimate of drug-likeness (QED) is 0.143. The smallest absolute Gasteiger partial charge is 0.347 e. The number of carbonyl (C=O) groups excluding carboxylic acids is 1. The van der Waals surface area contributed by atoms with Gasteiger partial charge in [0.05, 0.1) is 6.61 Å². The Morgan fingerprint density at radius 3 is 2.42 bits per heavy atom. The summed E-state index contributed by atoms with van der Waals surface area (Å²) in [5, 5.41) is 4.29. The van der Waals surface area contributed by atoms with Crippen molar-refractivity contribution in [1.82, 2.24) is 14.3 Å². The molecule has 0 radical (unpaired) electrons. The van der Waals surface area contributed by atoms with Gasteiger partial charge in [0.1, 0.15) is 18.5 Å². The number of ether oxygens (including phenoxy) is 3. The molecule has 0 bridgehead atoms. The molecule has 0 aliphatic heterocycles. The minimum Gasteiger partial charge on any atom is -0.487 e. The maximum absolute atomic E-state index is 12.9. The van der Waals surface area contributed by atoms with Gasteiger partial charge in [-0.25, -0.2) is 9.48 Å². The lowest BCUT2D eigenvalue weighted by Crippen LogP contribution is -2.42. The summed E-state index contributed by atoms with van der Waals surface area (Å²) in [4.78, 5) is 37.1. The average Bonchev–Trinajstić information content (AvgIpc) is 2.95. The van der Waals surface area contributed by atoms with E-state index < -0.39 is 5.56 Å². The van der Waals surface area contributed by atoms with Crippen molar-refractivity contribution in [3.05, 3.63) is 50.7 Å². The van der Waals surface area contributed by atoms with Crippen LogP contribution in [-0.4, -0.2) is 39.6 Å². The number of benzene rings is 1. The normalized spacial score (nSPS) is 11.8. The molecule has 0 saturated carbocycles. The van der Waals surface area contributed by atoms with Gasteiger partial charge in [0.25, 0.3) is 5.88 Å². The minimum absolute atomic E-state index is 0.0212. The van der Waals surface area contributed by atoms with Crippen LogP contribution in [0.3, 0.4) is 0 Å². The molecular formula is C31H49N3O6. The number of aryl methyl sites for hydroxylation is 2. The fourth-order valence-corrected chi connectivity index (χ4v) is 4.28. The molecule has 0 N–H and O–H groups in total. The van der Waals surface area contributed by atoms with Crippen LogP contribution in [0.5, 0.6) is 11.6 Å². The lowest BCUT2D eigenvalue weighted by atomic mass is 10.1. The first-order chi connectivity index (χ1) is 19.4. The first-order valence-corrected chi connectivity index (χ1v) is 15.2. The summed E-state index contributed by atoms with van der Waals surface area (Å²) in [5.74, 6) is 0.546. The number of hydrogen-bond acceptors (Lipinski definition) is 7. The number of esters is 1. The molecule has 0 saturated heterocycles. The molecule has 224 valence electrons. The summed E-state index contributed by atoms with van der Waals surface area (Å²) in [7, 11) is 0. The summed E-state index contributed by atoms with van der Waals surface area (Å²) in [6, 6.07) is 7.95. The first-order valence-electron chi connectivity index (χ1n) is 15.2. The van der Waals surface area contributed by atoms with Crippen LogP contribution < -0.4 is 20.7 Å². The molecule has 1 heterocycles. The highest BCUT2D eigenvalue weighted by atomic mass is 16.6. The van der Waals surface area contributed by atoms with E-state index in [1.165, 1.54) is 21.2 Å². The first kappa shape index (κ1) is 33.1. The Labute approximate surface area is 238 Å². The lowest BCUT2D eigenvalue weighted by Gasteiger charge is -2.15. The van der Waals surface area contributed by atoms with Crippen LogP contribution in [-0.2, 0) is 29.0 Å². The standard InChI is InChI=1S/C31H49N3O6/c1-5-8-10-11-14-21-34-31(37)33(20-9-6-2)30(36)29(32-34)38-22-15-12-13-17-26-18-16-19-27(23-26)40-25(4)24-39-28(35)7-3/h16,18-19,23,25H,5-15,17,20-22,24H2,1-4H3. The van der Waals surface area contributed by atoms with Gasteiger partial charge in [0, 0.05) is 19.5 Å². The maximum atomic E-state index is 12.9. The molecule has 0 aliphatic carbocycles. The molecule has 0 aliphatic rings. The van der Waals surface area contributed by atoms with Crippen molar-refractivity contribution in [2.45, 2.75) is 124 Å². The molecule has 0 spiro atoms. The van der Waals surface area contributed by atoms with Gasteiger partial charge in [-0.2, -0.15) is 0 Å². The third-order valence-corrected chi connectivity index (χ3v) is 6.65. The van der Waals surface area contributed by atoms with Crippen LogP contribution in [0.2, 0.25) is 0 Å². The summed E-state index contributed by atoms with van der Waals surface area (Å²) in [6.07, 6.45) is 10.7. The number of aromatic nitrogens is 3. The van der Waals surface area contributed by atoms with E-state index in [9.17, 15) is 14.4 Å². The highest BCUT2D eigenvalue weighted by Crippen LogP contribution is 2.17. The summed E-state index contributed by atoms with van der Waals surface area (Å²) < 4.78 is 19.5. The Morgan fingerprint density at radius 2 is 1.68 bits per heavy atom. The van der Waals surface area contributed by atoms with E-state index in [1.54, 1.807) is 6.92 Å². The van der Waals surface area contributed by atoms with Crippen molar-refractivity contribution in [2.75, 3.05) is 13.2 Å². The fourth-order valence-electron chi connectivity index (χ4n) is 4.28. The fraction of sp³-hybridized carbons (Fsp3) is 0.677. The number of nitrogens with zero attached hydrogens (tertiary/aromatic N) is 3. The van der Waals surface area contributed by atoms with Gasteiger partial charge in [-0.1, -0.05) is 65.0 Å².